The molecule has 0 saturated carbocycles. The van der Waals surface area contributed by atoms with Gasteiger partial charge in [0.15, 0.2) is 0 Å². The lowest BCUT2D eigenvalue weighted by atomic mass is 9.96. The van der Waals surface area contributed by atoms with Gasteiger partial charge in [0.2, 0.25) is 0 Å². The van der Waals surface area contributed by atoms with Gasteiger partial charge in [0, 0.05) is 26.1 Å². The highest BCUT2D eigenvalue weighted by Gasteiger charge is 2.24. The van der Waals surface area contributed by atoms with E-state index in [1.807, 2.05) is 4.68 Å². The van der Waals surface area contributed by atoms with Crippen molar-refractivity contribution in [3.63, 3.8) is 0 Å². The minimum absolute atomic E-state index is 0.0204. The molecule has 0 aromatic carbocycles. The Morgan fingerprint density at radius 2 is 2.00 bits per heavy atom. The van der Waals surface area contributed by atoms with Crippen LogP contribution in [-0.2, 0) is 24.1 Å². The van der Waals surface area contributed by atoms with Crippen LogP contribution in [0.3, 0.4) is 0 Å². The summed E-state index contributed by atoms with van der Waals surface area (Å²) in [7, 11) is 1.73. The van der Waals surface area contributed by atoms with Crippen LogP contribution in [0.2, 0.25) is 0 Å². The van der Waals surface area contributed by atoms with Gasteiger partial charge in [-0.05, 0) is 35.2 Å². The summed E-state index contributed by atoms with van der Waals surface area (Å²) in [4.78, 5) is 0. The van der Waals surface area contributed by atoms with E-state index >= 15 is 0 Å². The smallest absolute Gasteiger partial charge is 0.0766 e. The fraction of sp³-hybridized carbons (Fsp3) is 0.786. The Morgan fingerprint density at radius 3 is 2.42 bits per heavy atom. The van der Waals surface area contributed by atoms with Gasteiger partial charge < -0.3 is 10.5 Å². The second-order valence-corrected chi connectivity index (χ2v) is 5.98. The number of hydrogen-bond acceptors (Lipinski definition) is 3. The van der Waals surface area contributed by atoms with Crippen LogP contribution in [-0.4, -0.2) is 29.0 Å². The molecule has 1 heterocycles. The molecular weight excluding hydrogens is 306 g/mol. The topological polar surface area (TPSA) is 53.1 Å². The zero-order chi connectivity index (χ0) is 14.6. The average molecular weight is 332 g/mol. The van der Waals surface area contributed by atoms with Crippen LogP contribution in [0.4, 0.5) is 0 Å². The normalized spacial score (nSPS) is 14.9. The Hall–Kier alpha value is -0.390. The molecule has 0 spiro atoms. The van der Waals surface area contributed by atoms with E-state index in [-0.39, 0.29) is 12.1 Å². The molecule has 1 aromatic rings. The zero-order valence-corrected chi connectivity index (χ0v) is 14.2. The molecule has 0 aliphatic carbocycles. The lowest BCUT2D eigenvalue weighted by Crippen LogP contribution is -2.41. The highest BCUT2D eigenvalue weighted by Crippen LogP contribution is 2.24. The van der Waals surface area contributed by atoms with E-state index in [4.69, 9.17) is 10.5 Å². The molecule has 0 aliphatic heterocycles. The molecule has 2 unspecified atom stereocenters. The van der Waals surface area contributed by atoms with Crippen molar-refractivity contribution < 1.29 is 4.74 Å². The Balaban J connectivity index is 2.95. The van der Waals surface area contributed by atoms with Gasteiger partial charge >= 0.3 is 0 Å². The summed E-state index contributed by atoms with van der Waals surface area (Å²) in [6.45, 7) is 9.35. The summed E-state index contributed by atoms with van der Waals surface area (Å²) in [5, 5.41) is 4.60. The van der Waals surface area contributed by atoms with E-state index in [1.165, 1.54) is 5.69 Å². The number of halogens is 1. The lowest BCUT2D eigenvalue weighted by Gasteiger charge is -2.26. The maximum atomic E-state index is 6.32. The lowest BCUT2D eigenvalue weighted by molar-refractivity contribution is 0.0436. The van der Waals surface area contributed by atoms with Gasteiger partial charge in [-0.3, -0.25) is 4.68 Å². The Labute approximate surface area is 124 Å². The van der Waals surface area contributed by atoms with Gasteiger partial charge in [-0.15, -0.1) is 0 Å². The first-order valence-electron chi connectivity index (χ1n) is 6.98. The molecular formula is C14H26BrN3O. The molecule has 19 heavy (non-hydrogen) atoms. The molecule has 0 fully saturated rings. The molecule has 2 atom stereocenters. The van der Waals surface area contributed by atoms with Crippen molar-refractivity contribution in [2.24, 2.45) is 11.7 Å². The van der Waals surface area contributed by atoms with E-state index in [0.717, 1.165) is 29.6 Å². The fourth-order valence-electron chi connectivity index (χ4n) is 2.49. The van der Waals surface area contributed by atoms with Crippen molar-refractivity contribution in [3.8, 4) is 0 Å². The van der Waals surface area contributed by atoms with Crippen molar-refractivity contribution in [2.75, 3.05) is 7.11 Å². The van der Waals surface area contributed by atoms with Crippen molar-refractivity contribution in [3.05, 3.63) is 15.9 Å². The van der Waals surface area contributed by atoms with E-state index in [2.05, 4.69) is 48.7 Å². The minimum Gasteiger partial charge on any atom is -0.380 e. The van der Waals surface area contributed by atoms with Crippen molar-refractivity contribution in [2.45, 2.75) is 59.2 Å². The third kappa shape index (κ3) is 3.80. The minimum atomic E-state index is -0.0204. The number of nitrogens with two attached hydrogens (primary N) is 1. The van der Waals surface area contributed by atoms with Crippen LogP contribution in [0.5, 0.6) is 0 Å². The number of nitrogens with zero attached hydrogens (tertiary/aromatic N) is 2. The summed E-state index contributed by atoms with van der Waals surface area (Å²) in [6, 6.07) is -0.0204. The van der Waals surface area contributed by atoms with Crippen molar-refractivity contribution >= 4 is 15.9 Å². The molecule has 5 heteroatoms. The summed E-state index contributed by atoms with van der Waals surface area (Å²) >= 11 is 3.66. The number of aryl methyl sites for hydroxylation is 2. The van der Waals surface area contributed by atoms with E-state index in [1.54, 1.807) is 7.11 Å². The summed E-state index contributed by atoms with van der Waals surface area (Å²) in [5.74, 6) is 0.405. The van der Waals surface area contributed by atoms with E-state index in [0.29, 0.717) is 5.92 Å². The summed E-state index contributed by atoms with van der Waals surface area (Å²) in [6.07, 6.45) is 1.77. The SMILES string of the molecule is CCc1nn(CC)c(CC(N)C(OC)C(C)C)c1Br. The van der Waals surface area contributed by atoms with Crippen LogP contribution in [0.25, 0.3) is 0 Å². The van der Waals surface area contributed by atoms with Gasteiger partial charge in [-0.2, -0.15) is 5.10 Å². The quantitative estimate of drug-likeness (QED) is 0.835. The maximum absolute atomic E-state index is 6.32. The molecule has 0 radical (unpaired) electrons. The molecule has 0 aliphatic rings. The first kappa shape index (κ1) is 16.7. The molecule has 2 N–H and O–H groups in total. The summed E-state index contributed by atoms with van der Waals surface area (Å²) in [5.41, 5.74) is 8.59. The highest BCUT2D eigenvalue weighted by atomic mass is 79.9. The monoisotopic (exact) mass is 331 g/mol. The highest BCUT2D eigenvalue weighted by molar-refractivity contribution is 9.10. The largest absolute Gasteiger partial charge is 0.380 e. The van der Waals surface area contributed by atoms with E-state index in [9.17, 15) is 0 Å². The third-order valence-electron chi connectivity index (χ3n) is 3.47. The van der Waals surface area contributed by atoms with Gasteiger partial charge in [-0.25, -0.2) is 0 Å². The first-order valence-corrected chi connectivity index (χ1v) is 7.77. The fourth-order valence-corrected chi connectivity index (χ4v) is 3.22. The van der Waals surface area contributed by atoms with Crippen LogP contribution in [0.15, 0.2) is 4.47 Å². The molecule has 0 saturated heterocycles. The zero-order valence-electron chi connectivity index (χ0n) is 12.6. The Kier molecular flexibility index (Phi) is 6.50. The predicted molar refractivity (Wildman–Crippen MR) is 82.3 cm³/mol. The average Bonchev–Trinajstić information content (AvgIpc) is 2.66. The Bertz CT molecular complexity index is 404. The van der Waals surface area contributed by atoms with Crippen LogP contribution >= 0.6 is 15.9 Å². The van der Waals surface area contributed by atoms with Crippen LogP contribution in [0.1, 0.15) is 39.1 Å². The molecule has 0 bridgehead atoms. The number of hydrogen-bond donors (Lipinski definition) is 1. The summed E-state index contributed by atoms with van der Waals surface area (Å²) < 4.78 is 8.66. The standard InChI is InChI=1S/C14H26BrN3O/c1-6-11-13(15)12(18(7-2)17-11)8-10(16)14(19-5)9(3)4/h9-10,14H,6-8,16H2,1-5H3. The number of ether oxygens (including phenoxy) is 1. The van der Waals surface area contributed by atoms with Gasteiger partial charge in [0.1, 0.15) is 0 Å². The molecule has 1 aromatic heterocycles. The number of aromatic nitrogens is 2. The second-order valence-electron chi connectivity index (χ2n) is 5.19. The molecule has 4 nitrogen and oxygen atoms in total. The van der Waals surface area contributed by atoms with Gasteiger partial charge in [-0.1, -0.05) is 20.8 Å². The first-order chi connectivity index (χ1) is 8.96. The maximum Gasteiger partial charge on any atom is 0.0766 e. The third-order valence-corrected chi connectivity index (χ3v) is 4.39. The van der Waals surface area contributed by atoms with Crippen molar-refractivity contribution in [1.82, 2.24) is 9.78 Å². The van der Waals surface area contributed by atoms with Gasteiger partial charge in [0.25, 0.3) is 0 Å². The van der Waals surface area contributed by atoms with Crippen LogP contribution in [0, 0.1) is 5.92 Å². The number of methoxy groups -OCH3 is 1. The predicted octanol–water partition coefficient (Wildman–Crippen LogP) is 2.77. The van der Waals surface area contributed by atoms with Gasteiger partial charge in [0.05, 0.1) is 22.0 Å². The molecule has 0 amide bonds. The van der Waals surface area contributed by atoms with Crippen molar-refractivity contribution in [1.29, 1.82) is 0 Å². The second kappa shape index (κ2) is 7.41. The number of rotatable bonds is 7. The van der Waals surface area contributed by atoms with Crippen LogP contribution < -0.4 is 5.73 Å². The molecule has 110 valence electrons. The molecule has 1 rings (SSSR count). The van der Waals surface area contributed by atoms with E-state index < -0.39 is 0 Å². The Morgan fingerprint density at radius 1 is 1.37 bits per heavy atom.